The SMILES string of the molecule is CN1C(=O)CN(C2CC2)c2nc(-n3ccnc3-c3cncnc3)ncc21. The van der Waals surface area contributed by atoms with Gasteiger partial charge in [-0.05, 0) is 12.8 Å². The first-order valence-corrected chi connectivity index (χ1v) is 8.42. The van der Waals surface area contributed by atoms with Gasteiger partial charge in [0.1, 0.15) is 17.8 Å². The number of anilines is 2. The summed E-state index contributed by atoms with van der Waals surface area (Å²) in [4.78, 5) is 37.7. The molecule has 0 atom stereocenters. The molecule has 2 aliphatic rings. The van der Waals surface area contributed by atoms with Gasteiger partial charge in [0.25, 0.3) is 0 Å². The van der Waals surface area contributed by atoms with Crippen molar-refractivity contribution in [3.05, 3.63) is 37.3 Å². The highest BCUT2D eigenvalue weighted by Gasteiger charge is 2.38. The second-order valence-electron chi connectivity index (χ2n) is 6.44. The number of nitrogens with zero attached hydrogens (tertiary/aromatic N) is 8. The Hall–Kier alpha value is -3.36. The average molecular weight is 348 g/mol. The van der Waals surface area contributed by atoms with E-state index < -0.39 is 0 Å². The van der Waals surface area contributed by atoms with E-state index in [9.17, 15) is 4.79 Å². The molecular formula is C17H16N8O. The number of amides is 1. The Bertz CT molecular complexity index is 981. The van der Waals surface area contributed by atoms with E-state index in [-0.39, 0.29) is 5.91 Å². The van der Waals surface area contributed by atoms with Crippen molar-refractivity contribution in [3.63, 3.8) is 0 Å². The van der Waals surface area contributed by atoms with E-state index in [4.69, 9.17) is 4.98 Å². The molecule has 9 heteroatoms. The molecule has 3 aromatic heterocycles. The number of rotatable bonds is 3. The van der Waals surface area contributed by atoms with Gasteiger partial charge in [0.05, 0.1) is 18.3 Å². The van der Waals surface area contributed by atoms with Crippen molar-refractivity contribution in [3.8, 4) is 17.3 Å². The molecule has 1 aliphatic heterocycles. The van der Waals surface area contributed by atoms with Crippen LogP contribution in [0, 0.1) is 0 Å². The van der Waals surface area contributed by atoms with Gasteiger partial charge in [0.2, 0.25) is 11.9 Å². The molecule has 5 rings (SSSR count). The second kappa shape index (κ2) is 5.58. The molecule has 1 saturated carbocycles. The highest BCUT2D eigenvalue weighted by Crippen LogP contribution is 2.38. The van der Waals surface area contributed by atoms with Crippen LogP contribution < -0.4 is 9.80 Å². The largest absolute Gasteiger partial charge is 0.342 e. The van der Waals surface area contributed by atoms with Crippen LogP contribution in [0.2, 0.25) is 0 Å². The third kappa shape index (κ3) is 2.32. The van der Waals surface area contributed by atoms with Gasteiger partial charge in [-0.2, -0.15) is 4.98 Å². The van der Waals surface area contributed by atoms with Gasteiger partial charge in [0.15, 0.2) is 5.82 Å². The van der Waals surface area contributed by atoms with Crippen LogP contribution in [0.25, 0.3) is 17.3 Å². The zero-order valence-corrected chi connectivity index (χ0v) is 14.1. The van der Waals surface area contributed by atoms with Crippen molar-refractivity contribution in [1.29, 1.82) is 0 Å². The van der Waals surface area contributed by atoms with Crippen LogP contribution in [0.3, 0.4) is 0 Å². The van der Waals surface area contributed by atoms with Crippen molar-refractivity contribution in [2.45, 2.75) is 18.9 Å². The number of imidazole rings is 1. The fourth-order valence-electron chi connectivity index (χ4n) is 3.16. The summed E-state index contributed by atoms with van der Waals surface area (Å²) in [6.45, 7) is 0.355. The number of hydrogen-bond acceptors (Lipinski definition) is 7. The summed E-state index contributed by atoms with van der Waals surface area (Å²) in [7, 11) is 1.76. The minimum Gasteiger partial charge on any atom is -0.342 e. The molecule has 0 aromatic carbocycles. The summed E-state index contributed by atoms with van der Waals surface area (Å²) in [5.74, 6) is 2.03. The molecule has 3 aromatic rings. The number of fused-ring (bicyclic) bond motifs is 1. The fraction of sp³-hybridized carbons (Fsp3) is 0.294. The van der Waals surface area contributed by atoms with Crippen molar-refractivity contribution in [1.82, 2.24) is 29.5 Å². The molecule has 0 spiro atoms. The van der Waals surface area contributed by atoms with Crippen molar-refractivity contribution in [2.75, 3.05) is 23.4 Å². The molecule has 0 N–H and O–H groups in total. The van der Waals surface area contributed by atoms with Gasteiger partial charge in [-0.1, -0.05) is 0 Å². The van der Waals surface area contributed by atoms with Crippen molar-refractivity contribution < 1.29 is 4.79 Å². The number of carbonyl (C=O) groups excluding carboxylic acids is 1. The Balaban J connectivity index is 1.62. The highest BCUT2D eigenvalue weighted by molar-refractivity contribution is 6.02. The third-order valence-electron chi connectivity index (χ3n) is 4.71. The van der Waals surface area contributed by atoms with Crippen molar-refractivity contribution >= 4 is 17.4 Å². The predicted octanol–water partition coefficient (Wildman–Crippen LogP) is 1.06. The molecule has 1 fully saturated rings. The summed E-state index contributed by atoms with van der Waals surface area (Å²) in [5, 5.41) is 0. The van der Waals surface area contributed by atoms with Crippen LogP contribution in [-0.2, 0) is 4.79 Å². The molecule has 9 nitrogen and oxygen atoms in total. The maximum absolute atomic E-state index is 12.3. The van der Waals surface area contributed by atoms with E-state index >= 15 is 0 Å². The van der Waals surface area contributed by atoms with Crippen molar-refractivity contribution in [2.24, 2.45) is 0 Å². The number of likely N-dealkylation sites (N-methyl/N-ethyl adjacent to an activating group) is 1. The van der Waals surface area contributed by atoms with Gasteiger partial charge in [0, 0.05) is 37.9 Å². The Kier molecular flexibility index (Phi) is 3.21. The first-order chi connectivity index (χ1) is 12.7. The molecule has 4 heterocycles. The van der Waals surface area contributed by atoms with E-state index in [0.29, 0.717) is 24.4 Å². The monoisotopic (exact) mass is 348 g/mol. The average Bonchev–Trinajstić information content (AvgIpc) is 3.40. The van der Waals surface area contributed by atoms with E-state index in [2.05, 4.69) is 24.8 Å². The topological polar surface area (TPSA) is 92.9 Å². The number of carbonyl (C=O) groups is 1. The van der Waals surface area contributed by atoms with Gasteiger partial charge in [-0.15, -0.1) is 0 Å². The second-order valence-corrected chi connectivity index (χ2v) is 6.44. The fourth-order valence-corrected chi connectivity index (χ4v) is 3.16. The molecule has 0 unspecified atom stereocenters. The maximum atomic E-state index is 12.3. The third-order valence-corrected chi connectivity index (χ3v) is 4.71. The standard InChI is InChI=1S/C17H16N8O/c1-23-13-8-21-17(22-16(13)25(9-14(23)26)12-2-3-12)24-5-4-20-15(24)11-6-18-10-19-7-11/h4-8,10,12H,2-3,9H2,1H3. The lowest BCUT2D eigenvalue weighted by Gasteiger charge is -2.34. The summed E-state index contributed by atoms with van der Waals surface area (Å²) in [6, 6.07) is 0.388. The normalized spacial score (nSPS) is 16.7. The number of hydrogen-bond donors (Lipinski definition) is 0. The quantitative estimate of drug-likeness (QED) is 0.699. The Morgan fingerprint density at radius 2 is 1.92 bits per heavy atom. The van der Waals surface area contributed by atoms with Gasteiger partial charge < -0.3 is 9.80 Å². The maximum Gasteiger partial charge on any atom is 0.246 e. The van der Waals surface area contributed by atoms with Crippen LogP contribution in [-0.4, -0.2) is 55.0 Å². The smallest absolute Gasteiger partial charge is 0.246 e. The lowest BCUT2D eigenvalue weighted by atomic mass is 10.2. The van der Waals surface area contributed by atoms with Gasteiger partial charge in [-0.3, -0.25) is 9.36 Å². The van der Waals surface area contributed by atoms with E-state index in [1.54, 1.807) is 41.3 Å². The molecule has 1 amide bonds. The highest BCUT2D eigenvalue weighted by atomic mass is 16.2. The summed E-state index contributed by atoms with van der Waals surface area (Å²) < 4.78 is 1.81. The van der Waals surface area contributed by atoms with Crippen LogP contribution >= 0.6 is 0 Å². The Morgan fingerprint density at radius 3 is 2.69 bits per heavy atom. The van der Waals surface area contributed by atoms with E-state index in [1.165, 1.54) is 6.33 Å². The molecule has 0 bridgehead atoms. The zero-order chi connectivity index (χ0) is 17.7. The van der Waals surface area contributed by atoms with Crippen LogP contribution in [0.15, 0.2) is 37.3 Å². The van der Waals surface area contributed by atoms with E-state index in [0.717, 1.165) is 29.9 Å². The van der Waals surface area contributed by atoms with Crippen LogP contribution in [0.4, 0.5) is 11.5 Å². The molecule has 130 valence electrons. The van der Waals surface area contributed by atoms with Gasteiger partial charge >= 0.3 is 0 Å². The first kappa shape index (κ1) is 14.9. The summed E-state index contributed by atoms with van der Waals surface area (Å²) in [5.41, 5.74) is 1.52. The zero-order valence-electron chi connectivity index (χ0n) is 14.1. The molecule has 26 heavy (non-hydrogen) atoms. The van der Waals surface area contributed by atoms with Crippen LogP contribution in [0.1, 0.15) is 12.8 Å². The minimum absolute atomic E-state index is 0.0607. The first-order valence-electron chi connectivity index (χ1n) is 8.42. The molecular weight excluding hydrogens is 332 g/mol. The summed E-state index contributed by atoms with van der Waals surface area (Å²) in [6.07, 6.45) is 12.3. The lowest BCUT2D eigenvalue weighted by Crippen LogP contribution is -2.45. The van der Waals surface area contributed by atoms with E-state index in [1.807, 2.05) is 6.20 Å². The molecule has 1 aliphatic carbocycles. The molecule has 0 saturated heterocycles. The molecule has 0 radical (unpaired) electrons. The Labute approximate surface area is 149 Å². The van der Waals surface area contributed by atoms with Gasteiger partial charge in [-0.25, -0.2) is 19.9 Å². The predicted molar refractivity (Wildman–Crippen MR) is 94.0 cm³/mol. The van der Waals surface area contributed by atoms with Crippen LogP contribution in [0.5, 0.6) is 0 Å². The lowest BCUT2D eigenvalue weighted by molar-refractivity contribution is -0.117. The summed E-state index contributed by atoms with van der Waals surface area (Å²) >= 11 is 0. The minimum atomic E-state index is 0.0607. The Morgan fingerprint density at radius 1 is 1.12 bits per heavy atom. The number of aromatic nitrogens is 6.